The van der Waals surface area contributed by atoms with E-state index in [9.17, 15) is 4.79 Å². The fraction of sp³-hybridized carbons (Fsp3) is 0.500. The van der Waals surface area contributed by atoms with E-state index < -0.39 is 5.97 Å². The van der Waals surface area contributed by atoms with Gasteiger partial charge < -0.3 is 14.6 Å². The van der Waals surface area contributed by atoms with Crippen LogP contribution in [0.1, 0.15) is 28.7 Å². The molecule has 0 bridgehead atoms. The van der Waals surface area contributed by atoms with Gasteiger partial charge in [0.05, 0.1) is 19.9 Å². The molecule has 1 aromatic heterocycles. The summed E-state index contributed by atoms with van der Waals surface area (Å²) < 4.78 is 10.1. The smallest absolute Gasteiger partial charge is 0.358 e. The summed E-state index contributed by atoms with van der Waals surface area (Å²) in [6.45, 7) is 1.22. The Balaban J connectivity index is 2.34. The molecule has 2 heterocycles. The minimum atomic E-state index is -1.11. The van der Waals surface area contributed by atoms with Crippen LogP contribution in [0.5, 0.6) is 5.75 Å². The average Bonchev–Trinajstić information content (AvgIpc) is 2.81. The number of carboxylic acids is 1. The molecule has 16 heavy (non-hydrogen) atoms. The number of hydrogen-bond donors (Lipinski definition) is 1. The highest BCUT2D eigenvalue weighted by atomic mass is 16.5. The van der Waals surface area contributed by atoms with Gasteiger partial charge in [0, 0.05) is 12.5 Å². The zero-order valence-corrected chi connectivity index (χ0v) is 8.84. The zero-order valence-electron chi connectivity index (χ0n) is 8.84. The molecular formula is C10H12N2O4. The first kappa shape index (κ1) is 10.8. The van der Waals surface area contributed by atoms with Crippen molar-refractivity contribution < 1.29 is 19.4 Å². The molecule has 2 rings (SSSR count). The van der Waals surface area contributed by atoms with Gasteiger partial charge in [-0.05, 0) is 6.42 Å². The van der Waals surface area contributed by atoms with Crippen molar-refractivity contribution in [3.8, 4) is 5.75 Å². The lowest BCUT2D eigenvalue weighted by Gasteiger charge is -2.08. The fourth-order valence-corrected chi connectivity index (χ4v) is 1.62. The maximum atomic E-state index is 10.9. The van der Waals surface area contributed by atoms with Gasteiger partial charge in [0.15, 0.2) is 11.4 Å². The molecule has 1 aliphatic rings. The maximum Gasteiger partial charge on any atom is 0.358 e. The largest absolute Gasteiger partial charge is 0.493 e. The van der Waals surface area contributed by atoms with Crippen LogP contribution in [0.3, 0.4) is 0 Å². The second kappa shape index (κ2) is 4.44. The lowest BCUT2D eigenvalue weighted by molar-refractivity contribution is 0.0685. The molecule has 0 aromatic carbocycles. The molecule has 1 unspecified atom stereocenters. The number of nitrogens with zero attached hydrogens (tertiary/aromatic N) is 2. The van der Waals surface area contributed by atoms with Gasteiger partial charge in [-0.1, -0.05) is 0 Å². The van der Waals surface area contributed by atoms with E-state index in [1.807, 2.05) is 0 Å². The summed E-state index contributed by atoms with van der Waals surface area (Å²) in [7, 11) is 1.39. The molecule has 0 amide bonds. The van der Waals surface area contributed by atoms with Crippen LogP contribution >= 0.6 is 0 Å². The first-order valence-electron chi connectivity index (χ1n) is 4.94. The van der Waals surface area contributed by atoms with E-state index in [4.69, 9.17) is 14.6 Å². The monoisotopic (exact) mass is 224 g/mol. The number of methoxy groups -OCH3 is 1. The van der Waals surface area contributed by atoms with Gasteiger partial charge in [-0.25, -0.2) is 14.8 Å². The first-order valence-corrected chi connectivity index (χ1v) is 4.94. The van der Waals surface area contributed by atoms with Crippen molar-refractivity contribution in [2.75, 3.05) is 20.3 Å². The zero-order chi connectivity index (χ0) is 11.5. The number of aromatic nitrogens is 2. The van der Waals surface area contributed by atoms with E-state index in [0.29, 0.717) is 19.0 Å². The van der Waals surface area contributed by atoms with Gasteiger partial charge in [-0.2, -0.15) is 0 Å². The maximum absolute atomic E-state index is 10.9. The molecule has 1 aromatic rings. The number of aromatic carboxylic acids is 1. The van der Waals surface area contributed by atoms with Gasteiger partial charge in [-0.3, -0.25) is 0 Å². The van der Waals surface area contributed by atoms with E-state index in [2.05, 4.69) is 9.97 Å². The number of ether oxygens (including phenoxy) is 2. The molecule has 0 saturated carbocycles. The molecule has 1 N–H and O–H groups in total. The molecule has 0 spiro atoms. The highest BCUT2D eigenvalue weighted by Gasteiger charge is 2.23. The van der Waals surface area contributed by atoms with Crippen molar-refractivity contribution >= 4 is 5.97 Å². The summed E-state index contributed by atoms with van der Waals surface area (Å²) in [5.74, 6) is -0.339. The van der Waals surface area contributed by atoms with Gasteiger partial charge in [0.2, 0.25) is 0 Å². The molecule has 86 valence electrons. The van der Waals surface area contributed by atoms with Crippen LogP contribution < -0.4 is 4.74 Å². The summed E-state index contributed by atoms with van der Waals surface area (Å²) in [5, 5.41) is 8.96. The molecule has 0 radical (unpaired) electrons. The van der Waals surface area contributed by atoms with E-state index in [-0.39, 0.29) is 17.4 Å². The SMILES string of the molecule is COc1cnc(C2CCOC2)nc1C(=O)O. The third kappa shape index (κ3) is 1.96. The topological polar surface area (TPSA) is 81.5 Å². The van der Waals surface area contributed by atoms with Crippen molar-refractivity contribution in [2.45, 2.75) is 12.3 Å². The Hall–Kier alpha value is -1.69. The Morgan fingerprint density at radius 1 is 1.69 bits per heavy atom. The molecule has 1 saturated heterocycles. The Morgan fingerprint density at radius 3 is 3.06 bits per heavy atom. The van der Waals surface area contributed by atoms with Crippen molar-refractivity contribution in [1.82, 2.24) is 9.97 Å². The highest BCUT2D eigenvalue weighted by molar-refractivity contribution is 5.88. The number of carbonyl (C=O) groups is 1. The molecular weight excluding hydrogens is 212 g/mol. The van der Waals surface area contributed by atoms with Crippen LogP contribution in [0.15, 0.2) is 6.20 Å². The minimum Gasteiger partial charge on any atom is -0.493 e. The van der Waals surface area contributed by atoms with E-state index in [0.717, 1.165) is 6.42 Å². The van der Waals surface area contributed by atoms with Gasteiger partial charge >= 0.3 is 5.97 Å². The fourth-order valence-electron chi connectivity index (χ4n) is 1.62. The lowest BCUT2D eigenvalue weighted by Crippen LogP contribution is -2.11. The summed E-state index contributed by atoms with van der Waals surface area (Å²) in [6, 6.07) is 0. The average molecular weight is 224 g/mol. The predicted molar refractivity (Wildman–Crippen MR) is 53.7 cm³/mol. The van der Waals surface area contributed by atoms with Crippen molar-refractivity contribution in [1.29, 1.82) is 0 Å². The van der Waals surface area contributed by atoms with Gasteiger partial charge in [0.25, 0.3) is 0 Å². The number of rotatable bonds is 3. The second-order valence-corrected chi connectivity index (χ2v) is 3.51. The summed E-state index contributed by atoms with van der Waals surface area (Å²) >= 11 is 0. The molecule has 6 heteroatoms. The summed E-state index contributed by atoms with van der Waals surface area (Å²) in [5.41, 5.74) is -0.0978. The van der Waals surface area contributed by atoms with Crippen molar-refractivity contribution in [2.24, 2.45) is 0 Å². The van der Waals surface area contributed by atoms with Gasteiger partial charge in [-0.15, -0.1) is 0 Å². The Bertz CT molecular complexity index is 402. The lowest BCUT2D eigenvalue weighted by atomic mass is 10.1. The number of carboxylic acid groups (broad SMARTS) is 1. The molecule has 1 fully saturated rings. The quantitative estimate of drug-likeness (QED) is 0.813. The summed E-state index contributed by atoms with van der Waals surface area (Å²) in [6.07, 6.45) is 2.22. The van der Waals surface area contributed by atoms with Crippen LogP contribution in [0.4, 0.5) is 0 Å². The normalized spacial score (nSPS) is 19.7. The molecule has 0 aliphatic carbocycles. The third-order valence-corrected chi connectivity index (χ3v) is 2.49. The van der Waals surface area contributed by atoms with Crippen molar-refractivity contribution in [3.05, 3.63) is 17.7 Å². The van der Waals surface area contributed by atoms with E-state index in [1.165, 1.54) is 13.3 Å². The standard InChI is InChI=1S/C10H12N2O4/c1-15-7-4-11-9(6-2-3-16-5-6)12-8(7)10(13)14/h4,6H,2-3,5H2,1H3,(H,13,14). The van der Waals surface area contributed by atoms with E-state index in [1.54, 1.807) is 0 Å². The first-order chi connectivity index (χ1) is 7.72. The Labute approximate surface area is 92.2 Å². The predicted octanol–water partition coefficient (Wildman–Crippen LogP) is 0.687. The van der Waals surface area contributed by atoms with Crippen LogP contribution in [-0.4, -0.2) is 41.4 Å². The molecule has 1 atom stereocenters. The number of hydrogen-bond acceptors (Lipinski definition) is 5. The second-order valence-electron chi connectivity index (χ2n) is 3.51. The molecule has 6 nitrogen and oxygen atoms in total. The van der Waals surface area contributed by atoms with E-state index >= 15 is 0 Å². The van der Waals surface area contributed by atoms with Crippen LogP contribution in [0.2, 0.25) is 0 Å². The Morgan fingerprint density at radius 2 is 2.50 bits per heavy atom. The highest BCUT2D eigenvalue weighted by Crippen LogP contribution is 2.24. The van der Waals surface area contributed by atoms with Crippen LogP contribution in [0.25, 0.3) is 0 Å². The van der Waals surface area contributed by atoms with Gasteiger partial charge in [0.1, 0.15) is 5.82 Å². The van der Waals surface area contributed by atoms with Crippen LogP contribution in [0, 0.1) is 0 Å². The summed E-state index contributed by atoms with van der Waals surface area (Å²) in [4.78, 5) is 19.1. The van der Waals surface area contributed by atoms with Crippen molar-refractivity contribution in [3.63, 3.8) is 0 Å². The Kier molecular flexibility index (Phi) is 3.00. The van der Waals surface area contributed by atoms with Crippen LogP contribution in [-0.2, 0) is 4.74 Å². The third-order valence-electron chi connectivity index (χ3n) is 2.49. The minimum absolute atomic E-state index is 0.0870. The molecule has 1 aliphatic heterocycles.